The van der Waals surface area contributed by atoms with E-state index in [1.54, 1.807) is 0 Å². The highest BCUT2D eigenvalue weighted by Gasteiger charge is 2.28. The van der Waals surface area contributed by atoms with E-state index in [4.69, 9.17) is 5.11 Å². The number of rotatable bonds is 5. The largest absolute Gasteiger partial charge is 0.481 e. The van der Waals surface area contributed by atoms with Gasteiger partial charge in [0.25, 0.3) is 0 Å². The fourth-order valence-electron chi connectivity index (χ4n) is 3.63. The molecule has 0 bridgehead atoms. The maximum Gasteiger partial charge on any atom is 0.304 e. The first-order chi connectivity index (χ1) is 9.20. The number of likely N-dealkylation sites (tertiary alicyclic amines) is 2. The average molecular weight is 268 g/mol. The van der Waals surface area contributed by atoms with Crippen molar-refractivity contribution in [3.63, 3.8) is 0 Å². The third-order valence-electron chi connectivity index (χ3n) is 4.80. The van der Waals surface area contributed by atoms with E-state index >= 15 is 0 Å². The molecule has 2 aliphatic rings. The van der Waals surface area contributed by atoms with Crippen molar-refractivity contribution < 1.29 is 9.90 Å². The van der Waals surface area contributed by atoms with Crippen molar-refractivity contribution >= 4 is 5.97 Å². The predicted octanol–water partition coefficient (Wildman–Crippen LogP) is 2.19. The average Bonchev–Trinajstić information content (AvgIpc) is 2.46. The van der Waals surface area contributed by atoms with Crippen molar-refractivity contribution in [2.45, 2.75) is 64.0 Å². The zero-order chi connectivity index (χ0) is 13.7. The van der Waals surface area contributed by atoms with Crippen LogP contribution in [0.3, 0.4) is 0 Å². The van der Waals surface area contributed by atoms with Gasteiger partial charge in [0.1, 0.15) is 0 Å². The molecule has 0 amide bonds. The van der Waals surface area contributed by atoms with E-state index < -0.39 is 5.97 Å². The van der Waals surface area contributed by atoms with Crippen LogP contribution >= 0.6 is 0 Å². The van der Waals surface area contributed by atoms with E-state index in [0.717, 1.165) is 25.6 Å². The number of piperidine rings is 2. The Labute approximate surface area is 116 Å². The van der Waals surface area contributed by atoms with E-state index in [9.17, 15) is 4.79 Å². The third kappa shape index (κ3) is 4.18. The summed E-state index contributed by atoms with van der Waals surface area (Å²) in [7, 11) is 0. The number of carbonyl (C=O) groups is 1. The van der Waals surface area contributed by atoms with Gasteiger partial charge in [0.05, 0.1) is 6.42 Å². The lowest BCUT2D eigenvalue weighted by molar-refractivity contribution is -0.138. The lowest BCUT2D eigenvalue weighted by Crippen LogP contribution is -2.49. The highest BCUT2D eigenvalue weighted by Crippen LogP contribution is 2.23. The van der Waals surface area contributed by atoms with Crippen LogP contribution in [0.2, 0.25) is 0 Å². The fourth-order valence-corrected chi connectivity index (χ4v) is 3.63. The fraction of sp³-hybridized carbons (Fsp3) is 0.933. The molecule has 0 saturated carbocycles. The van der Waals surface area contributed by atoms with Crippen LogP contribution in [0.5, 0.6) is 0 Å². The summed E-state index contributed by atoms with van der Waals surface area (Å²) in [6, 6.07) is 0.985. The number of nitrogens with zero attached hydrogens (tertiary/aromatic N) is 2. The van der Waals surface area contributed by atoms with Gasteiger partial charge in [-0.1, -0.05) is 13.3 Å². The molecule has 0 spiro atoms. The molecule has 1 unspecified atom stereocenters. The molecular formula is C15H28N2O2. The van der Waals surface area contributed by atoms with E-state index in [2.05, 4.69) is 16.7 Å². The quantitative estimate of drug-likeness (QED) is 0.830. The van der Waals surface area contributed by atoms with Crippen molar-refractivity contribution in [3.05, 3.63) is 0 Å². The first kappa shape index (κ1) is 14.8. The first-order valence-corrected chi connectivity index (χ1v) is 7.90. The summed E-state index contributed by atoms with van der Waals surface area (Å²) in [4.78, 5) is 16.0. The topological polar surface area (TPSA) is 43.8 Å². The Morgan fingerprint density at radius 1 is 1.16 bits per heavy atom. The number of hydrogen-bond acceptors (Lipinski definition) is 3. The maximum absolute atomic E-state index is 10.9. The van der Waals surface area contributed by atoms with E-state index in [-0.39, 0.29) is 6.04 Å². The first-order valence-electron chi connectivity index (χ1n) is 7.90. The second kappa shape index (κ2) is 7.25. The molecule has 19 heavy (non-hydrogen) atoms. The summed E-state index contributed by atoms with van der Waals surface area (Å²) in [5.41, 5.74) is 0. The highest BCUT2D eigenvalue weighted by atomic mass is 16.4. The molecule has 2 heterocycles. The molecule has 2 aliphatic heterocycles. The van der Waals surface area contributed by atoms with Crippen LogP contribution in [0.4, 0.5) is 0 Å². The predicted molar refractivity (Wildman–Crippen MR) is 76.4 cm³/mol. The van der Waals surface area contributed by atoms with Crippen molar-refractivity contribution in [1.29, 1.82) is 0 Å². The second-order valence-corrected chi connectivity index (χ2v) is 6.02. The zero-order valence-electron chi connectivity index (χ0n) is 12.2. The Balaban J connectivity index is 1.78. The van der Waals surface area contributed by atoms with Gasteiger partial charge in [-0.15, -0.1) is 0 Å². The summed E-state index contributed by atoms with van der Waals surface area (Å²) in [5, 5.41) is 8.97. The Hall–Kier alpha value is -0.610. The van der Waals surface area contributed by atoms with Crippen molar-refractivity contribution in [3.8, 4) is 0 Å². The van der Waals surface area contributed by atoms with Crippen LogP contribution in [0, 0.1) is 0 Å². The van der Waals surface area contributed by atoms with Crippen LogP contribution in [-0.4, -0.2) is 59.1 Å². The van der Waals surface area contributed by atoms with Gasteiger partial charge in [0, 0.05) is 12.1 Å². The normalized spacial score (nSPS) is 25.3. The van der Waals surface area contributed by atoms with Gasteiger partial charge in [-0.3, -0.25) is 9.69 Å². The number of hydrogen-bond donors (Lipinski definition) is 1. The van der Waals surface area contributed by atoms with Gasteiger partial charge in [-0.05, 0) is 58.3 Å². The molecule has 4 nitrogen and oxygen atoms in total. The smallest absolute Gasteiger partial charge is 0.304 e. The molecule has 2 fully saturated rings. The third-order valence-corrected chi connectivity index (χ3v) is 4.80. The summed E-state index contributed by atoms with van der Waals surface area (Å²) in [5.74, 6) is -0.662. The maximum atomic E-state index is 10.9. The Kier molecular flexibility index (Phi) is 5.64. The van der Waals surface area contributed by atoms with Crippen LogP contribution in [-0.2, 0) is 4.79 Å². The van der Waals surface area contributed by atoms with Crippen molar-refractivity contribution in [2.24, 2.45) is 0 Å². The van der Waals surface area contributed by atoms with Gasteiger partial charge in [-0.25, -0.2) is 0 Å². The van der Waals surface area contributed by atoms with E-state index in [0.29, 0.717) is 6.42 Å². The monoisotopic (exact) mass is 268 g/mol. The number of carboxylic acids is 1. The molecular weight excluding hydrogens is 240 g/mol. The molecule has 0 aromatic rings. The van der Waals surface area contributed by atoms with Crippen LogP contribution in [0.1, 0.15) is 51.9 Å². The number of carboxylic acid groups (broad SMARTS) is 1. The highest BCUT2D eigenvalue weighted by molar-refractivity contribution is 5.67. The Morgan fingerprint density at radius 3 is 2.32 bits per heavy atom. The molecule has 0 aromatic carbocycles. The van der Waals surface area contributed by atoms with E-state index in [1.165, 1.54) is 45.2 Å². The minimum Gasteiger partial charge on any atom is -0.481 e. The minimum atomic E-state index is -0.662. The van der Waals surface area contributed by atoms with Gasteiger partial charge in [-0.2, -0.15) is 0 Å². The van der Waals surface area contributed by atoms with Crippen LogP contribution < -0.4 is 0 Å². The molecule has 0 aromatic heterocycles. The minimum absolute atomic E-state index is 0.236. The van der Waals surface area contributed by atoms with Gasteiger partial charge in [0.2, 0.25) is 0 Å². The molecule has 110 valence electrons. The van der Waals surface area contributed by atoms with Crippen molar-refractivity contribution in [1.82, 2.24) is 9.80 Å². The molecule has 4 heteroatoms. The van der Waals surface area contributed by atoms with Crippen molar-refractivity contribution in [2.75, 3.05) is 26.2 Å². The molecule has 1 atom stereocenters. The molecule has 2 saturated heterocycles. The summed E-state index contributed by atoms with van der Waals surface area (Å²) < 4.78 is 0. The number of aliphatic carboxylic acids is 1. The SMILES string of the molecule is CCC(CC(=O)O)N1CCC(N2CCCCC2)CC1. The zero-order valence-corrected chi connectivity index (χ0v) is 12.2. The standard InChI is InChI=1S/C15H28N2O2/c1-2-13(12-15(18)19)17-10-6-14(7-11-17)16-8-4-3-5-9-16/h13-14H,2-12H2,1H3,(H,18,19). The summed E-state index contributed by atoms with van der Waals surface area (Å²) in [6.45, 7) is 6.80. The lowest BCUT2D eigenvalue weighted by atomic mass is 9.97. The molecule has 1 N–H and O–H groups in total. The molecule has 2 rings (SSSR count). The van der Waals surface area contributed by atoms with Gasteiger partial charge < -0.3 is 10.0 Å². The van der Waals surface area contributed by atoms with Gasteiger partial charge in [0.15, 0.2) is 0 Å². The Bertz CT molecular complexity index is 282. The lowest BCUT2D eigenvalue weighted by Gasteiger charge is -2.42. The van der Waals surface area contributed by atoms with E-state index in [1.807, 2.05) is 0 Å². The van der Waals surface area contributed by atoms with Crippen LogP contribution in [0.25, 0.3) is 0 Å². The summed E-state index contributed by atoms with van der Waals surface area (Å²) >= 11 is 0. The summed E-state index contributed by atoms with van der Waals surface area (Å²) in [6.07, 6.45) is 7.79. The molecule has 0 aliphatic carbocycles. The van der Waals surface area contributed by atoms with Gasteiger partial charge >= 0.3 is 5.97 Å². The second-order valence-electron chi connectivity index (χ2n) is 6.02. The Morgan fingerprint density at radius 2 is 1.79 bits per heavy atom. The molecule has 0 radical (unpaired) electrons. The van der Waals surface area contributed by atoms with Crippen LogP contribution in [0.15, 0.2) is 0 Å².